The van der Waals surface area contributed by atoms with E-state index in [4.69, 9.17) is 0 Å². The maximum Gasteiger partial charge on any atom is 0.322 e. The SMILES string of the molecule is CC(c1cccnc1)N(C)C(=O)Nc1ccccc1N(C)Cc1ccccc1. The van der Waals surface area contributed by atoms with Crippen LogP contribution >= 0.6 is 0 Å². The van der Waals surface area contributed by atoms with Gasteiger partial charge in [-0.3, -0.25) is 4.98 Å². The lowest BCUT2D eigenvalue weighted by Gasteiger charge is -2.27. The van der Waals surface area contributed by atoms with Gasteiger partial charge in [-0.25, -0.2) is 4.79 Å². The highest BCUT2D eigenvalue weighted by Gasteiger charge is 2.19. The largest absolute Gasteiger partial charge is 0.369 e. The van der Waals surface area contributed by atoms with Crippen molar-refractivity contribution in [3.63, 3.8) is 0 Å². The second kappa shape index (κ2) is 9.04. The van der Waals surface area contributed by atoms with E-state index in [-0.39, 0.29) is 12.1 Å². The van der Waals surface area contributed by atoms with Gasteiger partial charge in [0.25, 0.3) is 0 Å². The molecule has 1 N–H and O–H groups in total. The third-order valence-electron chi connectivity index (χ3n) is 4.89. The first-order valence-electron chi connectivity index (χ1n) is 9.34. The summed E-state index contributed by atoms with van der Waals surface area (Å²) in [7, 11) is 3.82. The Morgan fingerprint density at radius 1 is 1.00 bits per heavy atom. The summed E-state index contributed by atoms with van der Waals surface area (Å²) in [6, 6.07) is 21.7. The van der Waals surface area contributed by atoms with Gasteiger partial charge in [-0.2, -0.15) is 0 Å². The van der Waals surface area contributed by atoms with Gasteiger partial charge in [0, 0.05) is 33.0 Å². The number of benzene rings is 2. The van der Waals surface area contributed by atoms with Crippen molar-refractivity contribution in [1.82, 2.24) is 9.88 Å². The molecule has 0 saturated carbocycles. The van der Waals surface area contributed by atoms with E-state index in [0.29, 0.717) is 0 Å². The summed E-state index contributed by atoms with van der Waals surface area (Å²) < 4.78 is 0. The van der Waals surface area contributed by atoms with Gasteiger partial charge in [0.05, 0.1) is 17.4 Å². The van der Waals surface area contributed by atoms with E-state index in [0.717, 1.165) is 23.5 Å². The van der Waals surface area contributed by atoms with Gasteiger partial charge in [0.2, 0.25) is 0 Å². The van der Waals surface area contributed by atoms with Crippen LogP contribution in [0, 0.1) is 0 Å². The lowest BCUT2D eigenvalue weighted by molar-refractivity contribution is 0.208. The van der Waals surface area contributed by atoms with Gasteiger partial charge in [0.15, 0.2) is 0 Å². The number of aromatic nitrogens is 1. The Bertz CT molecular complexity index is 899. The fraction of sp³-hybridized carbons (Fsp3) is 0.217. The molecule has 5 heteroatoms. The Morgan fingerprint density at radius 2 is 1.71 bits per heavy atom. The van der Waals surface area contributed by atoms with Crippen LogP contribution in [-0.2, 0) is 6.54 Å². The monoisotopic (exact) mass is 374 g/mol. The van der Waals surface area contributed by atoms with Crippen molar-refractivity contribution >= 4 is 17.4 Å². The van der Waals surface area contributed by atoms with Gasteiger partial charge >= 0.3 is 6.03 Å². The zero-order valence-electron chi connectivity index (χ0n) is 16.5. The second-order valence-corrected chi connectivity index (χ2v) is 6.86. The highest BCUT2D eigenvalue weighted by Crippen LogP contribution is 2.27. The van der Waals surface area contributed by atoms with Gasteiger partial charge in [-0.15, -0.1) is 0 Å². The quantitative estimate of drug-likeness (QED) is 0.665. The standard InChI is InChI=1S/C23H26N4O/c1-18(20-12-9-15-24-16-20)27(3)23(28)25-21-13-7-8-14-22(21)26(2)17-19-10-5-4-6-11-19/h4-16,18H,17H2,1-3H3,(H,25,28). The average molecular weight is 374 g/mol. The van der Waals surface area contributed by atoms with Crippen molar-refractivity contribution in [2.75, 3.05) is 24.3 Å². The molecular weight excluding hydrogens is 348 g/mol. The van der Waals surface area contributed by atoms with Gasteiger partial charge < -0.3 is 15.1 Å². The molecule has 0 fully saturated rings. The number of urea groups is 1. The molecule has 3 aromatic rings. The lowest BCUT2D eigenvalue weighted by Crippen LogP contribution is -2.34. The minimum absolute atomic E-state index is 0.0806. The molecule has 0 radical (unpaired) electrons. The highest BCUT2D eigenvalue weighted by atomic mass is 16.2. The Balaban J connectivity index is 1.73. The van der Waals surface area contributed by atoms with Crippen molar-refractivity contribution in [2.24, 2.45) is 0 Å². The fourth-order valence-corrected chi connectivity index (χ4v) is 3.08. The van der Waals surface area contributed by atoms with Crippen LogP contribution in [0.2, 0.25) is 0 Å². The molecule has 0 spiro atoms. The van der Waals surface area contributed by atoms with Crippen LogP contribution in [0.15, 0.2) is 79.1 Å². The molecule has 1 heterocycles. The molecule has 28 heavy (non-hydrogen) atoms. The summed E-state index contributed by atoms with van der Waals surface area (Å²) in [5.41, 5.74) is 3.97. The predicted molar refractivity (Wildman–Crippen MR) is 114 cm³/mol. The summed E-state index contributed by atoms with van der Waals surface area (Å²) >= 11 is 0. The number of nitrogens with one attached hydrogen (secondary N) is 1. The summed E-state index contributed by atoms with van der Waals surface area (Å²) in [5.74, 6) is 0. The molecule has 0 bridgehead atoms. The second-order valence-electron chi connectivity index (χ2n) is 6.86. The number of hydrogen-bond acceptors (Lipinski definition) is 3. The van der Waals surface area contributed by atoms with Crippen molar-refractivity contribution < 1.29 is 4.79 Å². The van der Waals surface area contributed by atoms with Crippen molar-refractivity contribution in [3.05, 3.63) is 90.3 Å². The number of nitrogens with zero attached hydrogens (tertiary/aromatic N) is 3. The zero-order valence-corrected chi connectivity index (χ0v) is 16.5. The van der Waals surface area contributed by atoms with Crippen LogP contribution in [0.4, 0.5) is 16.2 Å². The topological polar surface area (TPSA) is 48.5 Å². The number of amides is 2. The van der Waals surface area contributed by atoms with E-state index in [9.17, 15) is 4.79 Å². The Labute approximate surface area is 166 Å². The van der Waals surface area contributed by atoms with Crippen molar-refractivity contribution in [1.29, 1.82) is 0 Å². The zero-order chi connectivity index (χ0) is 19.9. The summed E-state index contributed by atoms with van der Waals surface area (Å²) in [5, 5.41) is 3.05. The number of hydrogen-bond donors (Lipinski definition) is 1. The molecular formula is C23H26N4O. The molecule has 2 amide bonds. The van der Waals surface area contributed by atoms with Crippen LogP contribution < -0.4 is 10.2 Å². The number of rotatable bonds is 6. The molecule has 0 saturated heterocycles. The van der Waals surface area contributed by atoms with Crippen LogP contribution in [0.25, 0.3) is 0 Å². The molecule has 5 nitrogen and oxygen atoms in total. The average Bonchev–Trinajstić information content (AvgIpc) is 2.74. The number of para-hydroxylation sites is 2. The first kappa shape index (κ1) is 19.4. The first-order valence-corrected chi connectivity index (χ1v) is 9.34. The van der Waals surface area contributed by atoms with E-state index in [2.05, 4.69) is 27.3 Å². The number of carbonyl (C=O) groups is 1. The molecule has 0 aliphatic heterocycles. The first-order chi connectivity index (χ1) is 13.6. The van der Waals surface area contributed by atoms with E-state index in [1.54, 1.807) is 24.3 Å². The number of anilines is 2. The third-order valence-corrected chi connectivity index (χ3v) is 4.89. The van der Waals surface area contributed by atoms with Gasteiger partial charge in [0.1, 0.15) is 0 Å². The molecule has 0 aliphatic carbocycles. The molecule has 1 unspecified atom stereocenters. The van der Waals surface area contributed by atoms with E-state index in [1.807, 2.05) is 68.6 Å². The molecule has 3 rings (SSSR count). The lowest BCUT2D eigenvalue weighted by atomic mass is 10.1. The fourth-order valence-electron chi connectivity index (χ4n) is 3.08. The third kappa shape index (κ3) is 4.68. The van der Waals surface area contributed by atoms with E-state index in [1.165, 1.54) is 5.56 Å². The minimum atomic E-state index is -0.156. The van der Waals surface area contributed by atoms with E-state index < -0.39 is 0 Å². The van der Waals surface area contributed by atoms with Crippen LogP contribution in [0.1, 0.15) is 24.1 Å². The Morgan fingerprint density at radius 3 is 2.43 bits per heavy atom. The molecule has 1 aromatic heterocycles. The molecule has 2 aromatic carbocycles. The molecule has 1 atom stereocenters. The molecule has 0 aliphatic rings. The Hall–Kier alpha value is -3.34. The summed E-state index contributed by atoms with van der Waals surface area (Å²) in [4.78, 5) is 20.8. The summed E-state index contributed by atoms with van der Waals surface area (Å²) in [6.45, 7) is 2.75. The predicted octanol–water partition coefficient (Wildman–Crippen LogP) is 4.94. The summed E-state index contributed by atoms with van der Waals surface area (Å²) in [6.07, 6.45) is 3.52. The smallest absolute Gasteiger partial charge is 0.322 e. The van der Waals surface area contributed by atoms with E-state index >= 15 is 0 Å². The van der Waals surface area contributed by atoms with Gasteiger partial charge in [-0.1, -0.05) is 48.5 Å². The van der Waals surface area contributed by atoms with Crippen LogP contribution in [0.5, 0.6) is 0 Å². The minimum Gasteiger partial charge on any atom is -0.369 e. The van der Waals surface area contributed by atoms with Crippen molar-refractivity contribution in [3.8, 4) is 0 Å². The maximum absolute atomic E-state index is 12.8. The van der Waals surface area contributed by atoms with Gasteiger partial charge in [-0.05, 0) is 36.2 Å². The normalized spacial score (nSPS) is 11.5. The number of carbonyl (C=O) groups excluding carboxylic acids is 1. The van der Waals surface area contributed by atoms with Crippen LogP contribution in [-0.4, -0.2) is 30.0 Å². The Kier molecular flexibility index (Phi) is 6.27. The van der Waals surface area contributed by atoms with Crippen LogP contribution in [0.3, 0.4) is 0 Å². The molecule has 144 valence electrons. The maximum atomic E-state index is 12.8. The number of pyridine rings is 1. The van der Waals surface area contributed by atoms with Crippen molar-refractivity contribution in [2.45, 2.75) is 19.5 Å². The highest BCUT2D eigenvalue weighted by molar-refractivity contribution is 5.93.